The summed E-state index contributed by atoms with van der Waals surface area (Å²) in [6, 6.07) is 10.4. The highest BCUT2D eigenvalue weighted by molar-refractivity contribution is 7.15. The quantitative estimate of drug-likeness (QED) is 0.227. The molecule has 192 valence electrons. The summed E-state index contributed by atoms with van der Waals surface area (Å²) >= 11 is 1.76. The number of fused-ring (bicyclic) bond motifs is 2. The van der Waals surface area contributed by atoms with Crippen LogP contribution in [0, 0.1) is 6.92 Å². The number of allylic oxidation sites excluding steroid dienone is 3. The molecule has 0 aliphatic carbocycles. The average Bonchev–Trinajstić information content (AvgIpc) is 3.68. The van der Waals surface area contributed by atoms with Gasteiger partial charge in [-0.25, -0.2) is 15.0 Å². The molecule has 0 bridgehead atoms. The summed E-state index contributed by atoms with van der Waals surface area (Å²) in [4.78, 5) is 22.8. The zero-order chi connectivity index (χ0) is 26.1. The molecule has 0 aromatic carbocycles. The molecule has 1 fully saturated rings. The van der Waals surface area contributed by atoms with Gasteiger partial charge in [0.05, 0.1) is 16.7 Å². The van der Waals surface area contributed by atoms with Gasteiger partial charge in [-0.3, -0.25) is 10.00 Å². The number of thiophene rings is 1. The number of likely N-dealkylation sites (tertiary alicyclic amines) is 1. The monoisotopic (exact) mass is 521 g/mol. The van der Waals surface area contributed by atoms with Gasteiger partial charge in [-0.2, -0.15) is 5.10 Å². The lowest BCUT2D eigenvalue weighted by Gasteiger charge is -2.26. The first-order chi connectivity index (χ1) is 18.6. The Bertz CT molecular complexity index is 1680. The van der Waals surface area contributed by atoms with Crippen molar-refractivity contribution >= 4 is 39.1 Å². The Morgan fingerprint density at radius 3 is 2.74 bits per heavy atom. The number of H-pyrrole nitrogens is 2. The number of hydrogen-bond donors (Lipinski definition) is 2. The maximum atomic E-state index is 5.04. The van der Waals surface area contributed by atoms with Gasteiger partial charge >= 0.3 is 0 Å². The predicted molar refractivity (Wildman–Crippen MR) is 157 cm³/mol. The minimum atomic E-state index is 0.651. The molecule has 5 aromatic rings. The summed E-state index contributed by atoms with van der Waals surface area (Å²) < 4.78 is 0. The van der Waals surface area contributed by atoms with Crippen LogP contribution in [0.5, 0.6) is 0 Å². The highest BCUT2D eigenvalue weighted by Gasteiger charge is 2.18. The van der Waals surface area contributed by atoms with Gasteiger partial charge < -0.3 is 4.98 Å². The van der Waals surface area contributed by atoms with E-state index in [0.717, 1.165) is 53.0 Å². The summed E-state index contributed by atoms with van der Waals surface area (Å²) in [5.74, 6) is 0.651. The van der Waals surface area contributed by atoms with E-state index < -0.39 is 0 Å². The SMILES string of the molecule is C=C/C(=C\C(=C/C)c1ccc2[nH]nc(-c3nc4nccc(-c5ccc(C)s5)c4[nH]3)c2n1)CN1CCCCC1. The van der Waals surface area contributed by atoms with Crippen LogP contribution in [-0.2, 0) is 0 Å². The van der Waals surface area contributed by atoms with Gasteiger partial charge in [0.1, 0.15) is 5.52 Å². The highest BCUT2D eigenvalue weighted by Crippen LogP contribution is 2.34. The highest BCUT2D eigenvalue weighted by atomic mass is 32.1. The van der Waals surface area contributed by atoms with Crippen LogP contribution in [0.2, 0.25) is 0 Å². The number of imidazole rings is 1. The molecule has 0 unspecified atom stereocenters. The lowest BCUT2D eigenvalue weighted by atomic mass is 10.0. The molecule has 6 heterocycles. The number of aromatic amines is 2. The largest absolute Gasteiger partial charge is 0.335 e. The van der Waals surface area contributed by atoms with Gasteiger partial charge in [0.2, 0.25) is 0 Å². The van der Waals surface area contributed by atoms with Crippen molar-refractivity contribution in [2.75, 3.05) is 19.6 Å². The smallest absolute Gasteiger partial charge is 0.178 e. The normalized spacial score (nSPS) is 15.5. The molecule has 2 N–H and O–H groups in total. The second kappa shape index (κ2) is 10.5. The van der Waals surface area contributed by atoms with Crippen LogP contribution in [-0.4, -0.2) is 54.7 Å². The zero-order valence-electron chi connectivity index (χ0n) is 21.8. The second-order valence-corrected chi connectivity index (χ2v) is 11.0. The number of aryl methyl sites for hydroxylation is 1. The van der Waals surface area contributed by atoms with Gasteiger partial charge in [-0.1, -0.05) is 25.2 Å². The van der Waals surface area contributed by atoms with Crippen LogP contribution in [0.3, 0.4) is 0 Å². The summed E-state index contributed by atoms with van der Waals surface area (Å²) in [6.07, 6.45) is 12.0. The summed E-state index contributed by atoms with van der Waals surface area (Å²) in [5, 5.41) is 7.71. The van der Waals surface area contributed by atoms with Crippen molar-refractivity contribution in [3.05, 3.63) is 77.5 Å². The van der Waals surface area contributed by atoms with Crippen LogP contribution in [0.25, 0.3) is 49.7 Å². The minimum absolute atomic E-state index is 0.651. The molecule has 0 spiro atoms. The summed E-state index contributed by atoms with van der Waals surface area (Å²) in [5.41, 5.74) is 8.15. The molecule has 8 heteroatoms. The van der Waals surface area contributed by atoms with Gasteiger partial charge in [0.25, 0.3) is 0 Å². The van der Waals surface area contributed by atoms with E-state index in [2.05, 4.69) is 62.9 Å². The second-order valence-electron chi connectivity index (χ2n) is 9.72. The fourth-order valence-corrected chi connectivity index (χ4v) is 5.98. The summed E-state index contributed by atoms with van der Waals surface area (Å²) in [7, 11) is 0. The first-order valence-electron chi connectivity index (χ1n) is 13.1. The number of pyridine rings is 2. The fraction of sp³-hybridized carbons (Fsp3) is 0.267. The third-order valence-corrected chi connectivity index (χ3v) is 8.13. The summed E-state index contributed by atoms with van der Waals surface area (Å²) in [6.45, 7) is 11.5. The van der Waals surface area contributed by atoms with Gasteiger partial charge in [0.15, 0.2) is 17.2 Å². The third-order valence-electron chi connectivity index (χ3n) is 7.09. The lowest BCUT2D eigenvalue weighted by Crippen LogP contribution is -2.31. The number of nitrogens with zero attached hydrogens (tertiary/aromatic N) is 5. The maximum Gasteiger partial charge on any atom is 0.178 e. The van der Waals surface area contributed by atoms with Crippen molar-refractivity contribution in [1.82, 2.24) is 35.0 Å². The molecule has 0 atom stereocenters. The molecule has 7 nitrogen and oxygen atoms in total. The molecular formula is C30H31N7S. The lowest BCUT2D eigenvalue weighted by molar-refractivity contribution is 0.248. The third kappa shape index (κ3) is 4.73. The molecule has 1 aliphatic rings. The Balaban J connectivity index is 1.36. The van der Waals surface area contributed by atoms with E-state index in [1.807, 2.05) is 37.4 Å². The molecule has 1 saturated heterocycles. The Kier molecular flexibility index (Phi) is 6.74. The predicted octanol–water partition coefficient (Wildman–Crippen LogP) is 6.93. The van der Waals surface area contributed by atoms with E-state index in [9.17, 15) is 0 Å². The van der Waals surface area contributed by atoms with E-state index in [4.69, 9.17) is 9.97 Å². The Labute approximate surface area is 226 Å². The first kappa shape index (κ1) is 24.5. The van der Waals surface area contributed by atoms with Crippen molar-refractivity contribution in [3.63, 3.8) is 0 Å². The van der Waals surface area contributed by atoms with E-state index in [1.54, 1.807) is 11.3 Å². The minimum Gasteiger partial charge on any atom is -0.335 e. The van der Waals surface area contributed by atoms with Crippen molar-refractivity contribution in [2.45, 2.75) is 33.1 Å². The number of hydrogen-bond acceptors (Lipinski definition) is 6. The average molecular weight is 522 g/mol. The number of rotatable bonds is 7. The molecule has 6 rings (SSSR count). The Morgan fingerprint density at radius 1 is 1.11 bits per heavy atom. The van der Waals surface area contributed by atoms with E-state index in [0.29, 0.717) is 17.2 Å². The van der Waals surface area contributed by atoms with E-state index in [-0.39, 0.29) is 0 Å². The van der Waals surface area contributed by atoms with Crippen LogP contribution in [0.15, 0.2) is 66.9 Å². The van der Waals surface area contributed by atoms with Crippen LogP contribution in [0.1, 0.15) is 36.8 Å². The fourth-order valence-electron chi connectivity index (χ4n) is 5.08. The number of piperidine rings is 1. The number of nitrogens with one attached hydrogen (secondary N) is 2. The molecule has 0 amide bonds. The van der Waals surface area contributed by atoms with Crippen LogP contribution in [0.4, 0.5) is 0 Å². The Morgan fingerprint density at radius 2 is 1.97 bits per heavy atom. The van der Waals surface area contributed by atoms with Crippen molar-refractivity contribution < 1.29 is 0 Å². The van der Waals surface area contributed by atoms with Gasteiger partial charge in [0, 0.05) is 28.1 Å². The first-order valence-corrected chi connectivity index (χ1v) is 13.9. The van der Waals surface area contributed by atoms with Crippen molar-refractivity contribution in [3.8, 4) is 22.0 Å². The molecule has 38 heavy (non-hydrogen) atoms. The Hall–Kier alpha value is -3.88. The van der Waals surface area contributed by atoms with E-state index in [1.165, 1.54) is 34.6 Å². The molecular weight excluding hydrogens is 490 g/mol. The molecule has 1 aliphatic heterocycles. The molecule has 0 saturated carbocycles. The zero-order valence-corrected chi connectivity index (χ0v) is 22.6. The maximum absolute atomic E-state index is 5.04. The number of aromatic nitrogens is 6. The topological polar surface area (TPSA) is 86.4 Å². The molecule has 0 radical (unpaired) electrons. The van der Waals surface area contributed by atoms with Crippen molar-refractivity contribution in [1.29, 1.82) is 0 Å². The standard InChI is InChI=1S/C30H31N7S/c1-4-20(18-37-15-7-6-8-16-37)17-21(5-2)23-10-11-24-27(32-23)28(36-35-24)30-33-26-22(13-14-31-29(26)34-30)25-12-9-19(3)38-25/h4-5,9-14,17H,1,6-8,15-16,18H2,2-3H3,(H,35,36)(H,31,33,34)/b20-17+,21-5+. The van der Waals surface area contributed by atoms with Crippen LogP contribution < -0.4 is 0 Å². The van der Waals surface area contributed by atoms with Gasteiger partial charge in [-0.05, 0) is 87.3 Å². The van der Waals surface area contributed by atoms with E-state index >= 15 is 0 Å². The molecule has 5 aromatic heterocycles. The van der Waals surface area contributed by atoms with Gasteiger partial charge in [-0.15, -0.1) is 11.3 Å². The van der Waals surface area contributed by atoms with Crippen molar-refractivity contribution in [2.24, 2.45) is 0 Å². The van der Waals surface area contributed by atoms with Crippen LogP contribution >= 0.6 is 11.3 Å².